The number of nitrogens with one attached hydrogen (secondary N) is 1. The lowest BCUT2D eigenvalue weighted by Crippen LogP contribution is -2.49. The molecule has 1 saturated heterocycles. The number of amides is 1. The van der Waals surface area contributed by atoms with E-state index in [2.05, 4.69) is 22.3 Å². The number of likely N-dealkylation sites (tertiary alicyclic amines) is 1. The van der Waals surface area contributed by atoms with Gasteiger partial charge in [-0.3, -0.25) is 14.0 Å². The third-order valence-corrected chi connectivity index (χ3v) is 7.19. The van der Waals surface area contributed by atoms with Crippen LogP contribution in [0.2, 0.25) is 0 Å². The van der Waals surface area contributed by atoms with Crippen LogP contribution >= 0.6 is 0 Å². The first kappa shape index (κ1) is 24.3. The molecule has 32 heavy (non-hydrogen) atoms. The SMILES string of the molecule is CCC(C(=O)NCc1ccc(CN2CCCC2)cc1)N(c1cc(C)ccc1C)S(C)(=O)=O. The molecule has 1 N–H and O–H groups in total. The number of carbonyl (C=O) groups excluding carboxylic acids is 1. The zero-order valence-electron chi connectivity index (χ0n) is 19.6. The van der Waals surface area contributed by atoms with E-state index < -0.39 is 16.1 Å². The zero-order chi connectivity index (χ0) is 23.3. The minimum Gasteiger partial charge on any atom is -0.350 e. The molecule has 1 aliphatic rings. The lowest BCUT2D eigenvalue weighted by molar-refractivity contribution is -0.122. The van der Waals surface area contributed by atoms with Crippen LogP contribution < -0.4 is 9.62 Å². The van der Waals surface area contributed by atoms with Crippen LogP contribution in [-0.2, 0) is 27.9 Å². The van der Waals surface area contributed by atoms with Crippen molar-refractivity contribution in [2.45, 2.75) is 59.2 Å². The minimum absolute atomic E-state index is 0.292. The summed E-state index contributed by atoms with van der Waals surface area (Å²) in [4.78, 5) is 15.5. The molecular formula is C25H35N3O3S. The van der Waals surface area contributed by atoms with Gasteiger partial charge in [0.1, 0.15) is 6.04 Å². The molecule has 0 spiro atoms. The Morgan fingerprint density at radius 1 is 1.06 bits per heavy atom. The number of aryl methyl sites for hydroxylation is 2. The molecule has 174 valence electrons. The lowest BCUT2D eigenvalue weighted by Gasteiger charge is -2.31. The Hall–Kier alpha value is -2.38. The van der Waals surface area contributed by atoms with Crippen molar-refractivity contribution in [2.75, 3.05) is 23.7 Å². The number of hydrogen-bond donors (Lipinski definition) is 1. The highest BCUT2D eigenvalue weighted by Gasteiger charge is 2.32. The maximum atomic E-state index is 13.1. The molecule has 2 aromatic rings. The molecule has 1 aliphatic heterocycles. The van der Waals surface area contributed by atoms with Gasteiger partial charge in [0.15, 0.2) is 0 Å². The molecule has 0 saturated carbocycles. The van der Waals surface area contributed by atoms with Crippen LogP contribution in [0.5, 0.6) is 0 Å². The van der Waals surface area contributed by atoms with E-state index in [-0.39, 0.29) is 5.91 Å². The topological polar surface area (TPSA) is 69.7 Å². The number of sulfonamides is 1. The molecule has 0 aliphatic carbocycles. The van der Waals surface area contributed by atoms with Gasteiger partial charge in [-0.1, -0.05) is 43.3 Å². The maximum absolute atomic E-state index is 13.1. The largest absolute Gasteiger partial charge is 0.350 e. The molecule has 2 aromatic carbocycles. The van der Waals surface area contributed by atoms with Crippen molar-refractivity contribution in [3.63, 3.8) is 0 Å². The average Bonchev–Trinajstić information content (AvgIpc) is 3.25. The Morgan fingerprint density at radius 2 is 1.69 bits per heavy atom. The van der Waals surface area contributed by atoms with Crippen molar-refractivity contribution < 1.29 is 13.2 Å². The van der Waals surface area contributed by atoms with E-state index in [1.165, 1.54) is 22.7 Å². The zero-order valence-corrected chi connectivity index (χ0v) is 20.4. The van der Waals surface area contributed by atoms with Gasteiger partial charge in [-0.15, -0.1) is 0 Å². The van der Waals surface area contributed by atoms with E-state index in [0.29, 0.717) is 18.7 Å². The second-order valence-corrected chi connectivity index (χ2v) is 10.6. The Morgan fingerprint density at radius 3 is 2.28 bits per heavy atom. The fourth-order valence-corrected chi connectivity index (χ4v) is 5.52. The Bertz CT molecular complexity index is 1030. The maximum Gasteiger partial charge on any atom is 0.244 e. The molecule has 1 atom stereocenters. The number of benzene rings is 2. The van der Waals surface area contributed by atoms with Crippen LogP contribution in [0, 0.1) is 13.8 Å². The molecule has 1 heterocycles. The van der Waals surface area contributed by atoms with E-state index in [4.69, 9.17) is 0 Å². The van der Waals surface area contributed by atoms with Crippen molar-refractivity contribution in [2.24, 2.45) is 0 Å². The van der Waals surface area contributed by atoms with Crippen LogP contribution in [0.15, 0.2) is 42.5 Å². The van der Waals surface area contributed by atoms with Crippen molar-refractivity contribution in [1.82, 2.24) is 10.2 Å². The van der Waals surface area contributed by atoms with Crippen molar-refractivity contribution in [3.05, 3.63) is 64.7 Å². The lowest BCUT2D eigenvalue weighted by atomic mass is 10.1. The molecule has 6 nitrogen and oxygen atoms in total. The molecule has 0 radical (unpaired) electrons. The van der Waals surface area contributed by atoms with Gasteiger partial charge >= 0.3 is 0 Å². The highest BCUT2D eigenvalue weighted by Crippen LogP contribution is 2.27. The van der Waals surface area contributed by atoms with E-state index in [1.54, 1.807) is 0 Å². The van der Waals surface area contributed by atoms with E-state index >= 15 is 0 Å². The van der Waals surface area contributed by atoms with Crippen LogP contribution in [0.1, 0.15) is 48.4 Å². The Balaban J connectivity index is 1.70. The summed E-state index contributed by atoms with van der Waals surface area (Å²) in [5.74, 6) is -0.292. The summed E-state index contributed by atoms with van der Waals surface area (Å²) in [5, 5.41) is 2.94. The minimum atomic E-state index is -3.65. The molecule has 3 rings (SSSR count). The van der Waals surface area contributed by atoms with Gasteiger partial charge in [0, 0.05) is 13.1 Å². The fourth-order valence-electron chi connectivity index (χ4n) is 4.26. The van der Waals surface area contributed by atoms with Gasteiger partial charge in [0.05, 0.1) is 11.9 Å². The Labute approximate surface area is 192 Å². The van der Waals surface area contributed by atoms with Crippen LogP contribution in [0.25, 0.3) is 0 Å². The summed E-state index contributed by atoms with van der Waals surface area (Å²) in [6.07, 6.45) is 4.08. The highest BCUT2D eigenvalue weighted by molar-refractivity contribution is 7.92. The average molecular weight is 458 g/mol. The predicted octanol–water partition coefficient (Wildman–Crippen LogP) is 3.76. The monoisotopic (exact) mass is 457 g/mol. The molecule has 7 heteroatoms. The summed E-state index contributed by atoms with van der Waals surface area (Å²) >= 11 is 0. The molecular weight excluding hydrogens is 422 g/mol. The normalized spacial score (nSPS) is 15.5. The number of anilines is 1. The van der Waals surface area contributed by atoms with Gasteiger partial charge in [-0.25, -0.2) is 8.42 Å². The van der Waals surface area contributed by atoms with Gasteiger partial charge in [-0.2, -0.15) is 0 Å². The van der Waals surface area contributed by atoms with Gasteiger partial charge < -0.3 is 5.32 Å². The fraction of sp³-hybridized carbons (Fsp3) is 0.480. The summed E-state index contributed by atoms with van der Waals surface area (Å²) < 4.78 is 26.7. The molecule has 0 aromatic heterocycles. The highest BCUT2D eigenvalue weighted by atomic mass is 32.2. The van der Waals surface area contributed by atoms with Crippen molar-refractivity contribution >= 4 is 21.6 Å². The summed E-state index contributed by atoms with van der Waals surface area (Å²) in [7, 11) is -3.65. The van der Waals surface area contributed by atoms with Gasteiger partial charge in [-0.05, 0) is 74.5 Å². The van der Waals surface area contributed by atoms with E-state index in [0.717, 1.165) is 42.6 Å². The van der Waals surface area contributed by atoms with Crippen molar-refractivity contribution in [3.8, 4) is 0 Å². The van der Waals surface area contributed by atoms with E-state index in [1.807, 2.05) is 51.1 Å². The third-order valence-electron chi connectivity index (χ3n) is 6.03. The molecule has 1 unspecified atom stereocenters. The number of carbonyl (C=O) groups is 1. The Kier molecular flexibility index (Phi) is 7.96. The predicted molar refractivity (Wildman–Crippen MR) is 130 cm³/mol. The molecule has 0 bridgehead atoms. The van der Waals surface area contributed by atoms with E-state index in [9.17, 15) is 13.2 Å². The molecule has 1 amide bonds. The van der Waals surface area contributed by atoms with Gasteiger partial charge in [0.25, 0.3) is 0 Å². The first-order chi connectivity index (χ1) is 15.2. The summed E-state index contributed by atoms with van der Waals surface area (Å²) in [5.41, 5.74) is 4.59. The smallest absolute Gasteiger partial charge is 0.244 e. The quantitative estimate of drug-likeness (QED) is 0.623. The van der Waals surface area contributed by atoms with Gasteiger partial charge in [0.2, 0.25) is 15.9 Å². The standard InChI is InChI=1S/C25H35N3O3S/c1-5-23(28(32(4,30)31)24-16-19(2)8-9-20(24)3)25(29)26-17-21-10-12-22(13-11-21)18-27-14-6-7-15-27/h8-13,16,23H,5-7,14-15,17-18H2,1-4H3,(H,26,29). The van der Waals surface area contributed by atoms with Crippen LogP contribution in [0.3, 0.4) is 0 Å². The van der Waals surface area contributed by atoms with Crippen LogP contribution in [0.4, 0.5) is 5.69 Å². The summed E-state index contributed by atoms with van der Waals surface area (Å²) in [6.45, 7) is 9.26. The first-order valence-corrected chi connectivity index (χ1v) is 13.2. The number of nitrogens with zero attached hydrogens (tertiary/aromatic N) is 2. The number of rotatable bonds is 9. The third kappa shape index (κ3) is 6.11. The second kappa shape index (κ2) is 10.5. The molecule has 1 fully saturated rings. The summed E-state index contributed by atoms with van der Waals surface area (Å²) in [6, 6.07) is 13.1. The van der Waals surface area contributed by atoms with Crippen molar-refractivity contribution in [1.29, 1.82) is 0 Å². The number of hydrogen-bond acceptors (Lipinski definition) is 4. The first-order valence-electron chi connectivity index (χ1n) is 11.3. The van der Waals surface area contributed by atoms with Crippen LogP contribution in [-0.4, -0.2) is 44.6 Å². The second-order valence-electron chi connectivity index (χ2n) is 8.79.